The van der Waals surface area contributed by atoms with Gasteiger partial charge in [-0.05, 0) is 94.4 Å². The highest BCUT2D eigenvalue weighted by atomic mass is 35.5. The molecule has 0 bridgehead atoms. The Morgan fingerprint density at radius 3 is 2.62 bits per heavy atom. The first-order valence-corrected chi connectivity index (χ1v) is 27.1. The number of nitrogens with zero attached hydrogens (tertiary/aromatic N) is 11. The number of rotatable bonds is 20. The van der Waals surface area contributed by atoms with Gasteiger partial charge in [0.2, 0.25) is 5.95 Å². The topological polar surface area (TPSA) is 214 Å². The number of ketones is 1. The number of carbonyl (C=O) groups is 2. The van der Waals surface area contributed by atoms with Gasteiger partial charge in [0.15, 0.2) is 22.8 Å². The number of nitrogens with one attached hydrogen (secondary N) is 3. The van der Waals surface area contributed by atoms with Crippen molar-refractivity contribution in [2.45, 2.75) is 90.1 Å². The predicted octanol–water partition coefficient (Wildman–Crippen LogP) is 9.19. The largest absolute Gasteiger partial charge is 0.508 e. The molecule has 0 spiro atoms. The zero-order valence-electron chi connectivity index (χ0n) is 44.5. The Hall–Kier alpha value is -7.92. The summed E-state index contributed by atoms with van der Waals surface area (Å²) in [6.45, 7) is 15.0. The van der Waals surface area contributed by atoms with Gasteiger partial charge in [-0.2, -0.15) is 25.2 Å². The van der Waals surface area contributed by atoms with E-state index in [1.54, 1.807) is 24.7 Å². The molecule has 404 valence electrons. The molecular formula is C58H65ClN14O5. The van der Waals surface area contributed by atoms with Crippen molar-refractivity contribution >= 4 is 68.7 Å². The van der Waals surface area contributed by atoms with E-state index in [4.69, 9.17) is 45.7 Å². The Kier molecular flexibility index (Phi) is 16.6. The fourth-order valence-electron chi connectivity index (χ4n) is 10.4. The molecule has 7 aromatic rings. The number of hydrogen-bond acceptors (Lipinski definition) is 18. The number of anilines is 4. The van der Waals surface area contributed by atoms with E-state index in [1.165, 1.54) is 0 Å². The molecule has 3 N–H and O–H groups in total. The number of likely N-dealkylation sites (N-methyl/N-ethyl adjacent to an activating group) is 1. The first-order valence-electron chi connectivity index (χ1n) is 26.8. The normalized spacial score (nSPS) is 16.9. The van der Waals surface area contributed by atoms with Crippen molar-refractivity contribution in [1.82, 2.24) is 44.7 Å². The number of imidazole rings is 1. The van der Waals surface area contributed by atoms with Crippen LogP contribution in [0.4, 0.5) is 28.1 Å². The van der Waals surface area contributed by atoms with Crippen LogP contribution in [0.3, 0.4) is 0 Å². The molecule has 2 saturated heterocycles. The maximum Gasteiger partial charge on any atom is 0.508 e. The highest BCUT2D eigenvalue weighted by Gasteiger charge is 2.31. The van der Waals surface area contributed by atoms with Crippen LogP contribution in [0.1, 0.15) is 79.7 Å². The fourth-order valence-corrected chi connectivity index (χ4v) is 10.7. The Bertz CT molecular complexity index is 3350. The van der Waals surface area contributed by atoms with Crippen LogP contribution in [-0.4, -0.2) is 129 Å². The Morgan fingerprint density at radius 1 is 0.987 bits per heavy atom. The van der Waals surface area contributed by atoms with Gasteiger partial charge in [-0.25, -0.2) is 9.78 Å². The third kappa shape index (κ3) is 12.1. The highest BCUT2D eigenvalue weighted by Crippen LogP contribution is 2.38. The van der Waals surface area contributed by atoms with Crippen LogP contribution in [-0.2, 0) is 29.0 Å². The van der Waals surface area contributed by atoms with Crippen LogP contribution in [0, 0.1) is 11.3 Å². The van der Waals surface area contributed by atoms with Gasteiger partial charge in [0.05, 0.1) is 47.8 Å². The van der Waals surface area contributed by atoms with E-state index in [0.29, 0.717) is 97.6 Å². The van der Waals surface area contributed by atoms with E-state index in [9.17, 15) is 14.9 Å². The molecule has 0 unspecified atom stereocenters. The molecule has 0 amide bonds. The molecule has 20 heteroatoms. The molecule has 3 aliphatic rings. The molecule has 3 atom stereocenters. The smallest absolute Gasteiger partial charge is 0.462 e. The summed E-state index contributed by atoms with van der Waals surface area (Å²) in [5.74, 6) is 1.35. The van der Waals surface area contributed by atoms with Crippen LogP contribution < -0.4 is 30.5 Å². The van der Waals surface area contributed by atoms with Crippen molar-refractivity contribution < 1.29 is 23.8 Å². The van der Waals surface area contributed by atoms with Crippen molar-refractivity contribution in [3.05, 3.63) is 125 Å². The second-order valence-electron chi connectivity index (χ2n) is 20.4. The maximum atomic E-state index is 13.9. The number of nitriles is 1. The summed E-state index contributed by atoms with van der Waals surface area (Å²) in [6.07, 6.45) is 6.45. The van der Waals surface area contributed by atoms with Gasteiger partial charge in [0.25, 0.3) is 0 Å². The zero-order chi connectivity index (χ0) is 54.3. The Balaban J connectivity index is 0.769. The van der Waals surface area contributed by atoms with Crippen LogP contribution in [0.5, 0.6) is 6.01 Å². The van der Waals surface area contributed by atoms with Gasteiger partial charge in [-0.15, -0.1) is 0 Å². The lowest BCUT2D eigenvalue weighted by atomic mass is 9.98. The molecule has 78 heavy (non-hydrogen) atoms. The average Bonchev–Trinajstić information content (AvgIpc) is 4.18. The minimum absolute atomic E-state index is 0.0411. The molecule has 0 radical (unpaired) electrons. The van der Waals surface area contributed by atoms with E-state index in [1.807, 2.05) is 60.0 Å². The van der Waals surface area contributed by atoms with E-state index in [2.05, 4.69) is 86.3 Å². The number of Topliss-reactive ketones (excluding diaryl/α,β-unsaturated/α-hetero) is 1. The second-order valence-corrected chi connectivity index (χ2v) is 20.8. The number of aromatic nitrogens is 7. The van der Waals surface area contributed by atoms with Crippen molar-refractivity contribution in [3.63, 3.8) is 0 Å². The van der Waals surface area contributed by atoms with Crippen molar-refractivity contribution in [2.75, 3.05) is 80.0 Å². The summed E-state index contributed by atoms with van der Waals surface area (Å²) in [5, 5.41) is 21.7. The summed E-state index contributed by atoms with van der Waals surface area (Å²) in [6, 6.07) is 26.1. The lowest BCUT2D eigenvalue weighted by Gasteiger charge is -2.37. The molecule has 0 saturated carbocycles. The number of hydrogen-bond donors (Lipinski definition) is 3. The van der Waals surface area contributed by atoms with Gasteiger partial charge >= 0.3 is 12.2 Å². The molecule has 3 aliphatic heterocycles. The van der Waals surface area contributed by atoms with Gasteiger partial charge < -0.3 is 49.4 Å². The number of carbonyl (C=O) groups excluding carboxylic acids is 2. The minimum atomic E-state index is -0.951. The monoisotopic (exact) mass is 1070 g/mol. The van der Waals surface area contributed by atoms with Gasteiger partial charge in [0.1, 0.15) is 25.6 Å². The molecule has 4 aromatic heterocycles. The van der Waals surface area contributed by atoms with Gasteiger partial charge in [-0.1, -0.05) is 67.6 Å². The van der Waals surface area contributed by atoms with Crippen LogP contribution in [0.15, 0.2) is 97.5 Å². The van der Waals surface area contributed by atoms with Crippen molar-refractivity contribution in [3.8, 4) is 23.3 Å². The van der Waals surface area contributed by atoms with Gasteiger partial charge in [-0.3, -0.25) is 9.78 Å². The summed E-state index contributed by atoms with van der Waals surface area (Å²) < 4.78 is 19.3. The van der Waals surface area contributed by atoms with Crippen molar-refractivity contribution in [2.24, 2.45) is 0 Å². The molecular weight excluding hydrogens is 1010 g/mol. The van der Waals surface area contributed by atoms with Crippen LogP contribution in [0.2, 0.25) is 5.02 Å². The molecule has 3 aromatic carbocycles. The van der Waals surface area contributed by atoms with Crippen molar-refractivity contribution in [1.29, 1.82) is 5.26 Å². The van der Waals surface area contributed by atoms with E-state index < -0.39 is 11.9 Å². The number of fused-ring (bicyclic) bond motifs is 3. The minimum Gasteiger partial charge on any atom is -0.462 e. The molecule has 10 rings (SSSR count). The first-order chi connectivity index (χ1) is 37.9. The van der Waals surface area contributed by atoms with Gasteiger partial charge in [0, 0.05) is 90.4 Å². The second kappa shape index (κ2) is 24.2. The van der Waals surface area contributed by atoms with E-state index >= 15 is 0 Å². The molecule has 2 fully saturated rings. The number of halogens is 1. The zero-order valence-corrected chi connectivity index (χ0v) is 45.3. The highest BCUT2D eigenvalue weighted by molar-refractivity contribution is 6.37. The number of benzene rings is 3. The predicted molar refractivity (Wildman–Crippen MR) is 302 cm³/mol. The standard InChI is InChI=1S/C58H65ClN14O5/c1-6-42(65-56-67-53(51-55(68-56)73(35-64-51)36(2)3)63-29-38-15-17-39(18-16-38)47-13-7-8-22-62-47)33-78-58(75)77-32-37(4)52(74)41-27-40-11-9-14-49(50(40)46(59)28-41)71-25-20-45-48(31-71)66-57(76-34-44-12-10-24-70(44)5)69-54(45)72-26-23-61-43(30-72)19-21-60/h7-9,11,13-18,22,27-28,35-36,42-44,61H,4,6,10,12,19-20,23-26,29-34H2,1-3,5H3,(H2,63,65,67,68)/t42-,43+,44+/m1/s1. The summed E-state index contributed by atoms with van der Waals surface area (Å²) >= 11 is 7.11. The summed E-state index contributed by atoms with van der Waals surface area (Å²) in [5.41, 5.74) is 7.50. The van der Waals surface area contributed by atoms with E-state index in [0.717, 1.165) is 82.8 Å². The molecule has 7 heterocycles. The summed E-state index contributed by atoms with van der Waals surface area (Å²) in [7, 11) is 2.12. The SMILES string of the molecule is C=C(COC(=O)OC[C@@H](CC)Nc1nc(NCc2ccc(-c3ccccn3)cc2)c2ncn(C(C)C)c2n1)C(=O)c1cc(Cl)c2c(N3CCc4c(nc(OC[C@@H]5CCCN5C)nc4N4CCN[C@@H](CC#N)C4)C3)cccc2c1. The summed E-state index contributed by atoms with van der Waals surface area (Å²) in [4.78, 5) is 62.5. The lowest BCUT2D eigenvalue weighted by molar-refractivity contribution is 0.0576. The number of piperazine rings is 1. The third-order valence-electron chi connectivity index (χ3n) is 14.8. The molecule has 0 aliphatic carbocycles. The third-order valence-corrected chi connectivity index (χ3v) is 15.1. The maximum absolute atomic E-state index is 13.9. The number of likely N-dealkylation sites (tertiary alicyclic amines) is 1. The average molecular weight is 1070 g/mol. The number of pyridine rings is 1. The molecule has 19 nitrogen and oxygen atoms in total. The van der Waals surface area contributed by atoms with Crippen LogP contribution >= 0.6 is 11.6 Å². The first kappa shape index (κ1) is 53.5. The quantitative estimate of drug-likeness (QED) is 0.0369. The van der Waals surface area contributed by atoms with Crippen LogP contribution in [0.25, 0.3) is 33.2 Å². The Morgan fingerprint density at radius 2 is 1.85 bits per heavy atom. The van der Waals surface area contributed by atoms with E-state index in [-0.39, 0.29) is 36.9 Å². The number of ether oxygens (including phenoxy) is 3. The Labute approximate surface area is 459 Å². The lowest BCUT2D eigenvalue weighted by Crippen LogP contribution is -2.51. The fraction of sp³-hybridized carbons (Fsp3) is 0.397.